The number of hydrogen-bond acceptors (Lipinski definition) is 4. The van der Waals surface area contributed by atoms with Crippen molar-refractivity contribution in [3.05, 3.63) is 52.1 Å². The number of nitrogens with zero attached hydrogens (tertiary/aromatic N) is 1. The molecule has 1 aromatic heterocycles. The molecule has 0 aliphatic carbocycles. The van der Waals surface area contributed by atoms with Crippen molar-refractivity contribution in [3.8, 4) is 0 Å². The van der Waals surface area contributed by atoms with Crippen molar-refractivity contribution >= 4 is 21.8 Å². The largest absolute Gasteiger partial charge is 0.446 e. The van der Waals surface area contributed by atoms with Crippen LogP contribution in [0.25, 0.3) is 0 Å². The molecule has 1 aliphatic heterocycles. The highest BCUT2D eigenvalue weighted by molar-refractivity contribution is 9.10. The maximum absolute atomic E-state index is 12.1. The first-order valence-electron chi connectivity index (χ1n) is 6.94. The van der Waals surface area contributed by atoms with Crippen LogP contribution in [0.1, 0.15) is 40.8 Å². The van der Waals surface area contributed by atoms with E-state index in [2.05, 4.69) is 31.5 Å². The zero-order valence-corrected chi connectivity index (χ0v) is 13.0. The first-order chi connectivity index (χ1) is 10.2. The van der Waals surface area contributed by atoms with Crippen LogP contribution in [-0.4, -0.2) is 17.4 Å². The normalized spacial score (nSPS) is 17.9. The molecule has 2 aromatic rings. The minimum absolute atomic E-state index is 0.134. The SMILES string of the molecule is O=C(NCc1ccccc1Br)c1coc(C2CCCN2)n1. The van der Waals surface area contributed by atoms with Crippen LogP contribution in [0.2, 0.25) is 0 Å². The highest BCUT2D eigenvalue weighted by atomic mass is 79.9. The molecule has 1 fully saturated rings. The van der Waals surface area contributed by atoms with Crippen LogP contribution in [0.4, 0.5) is 0 Å². The maximum atomic E-state index is 12.1. The summed E-state index contributed by atoms with van der Waals surface area (Å²) in [6, 6.07) is 7.91. The third-order valence-electron chi connectivity index (χ3n) is 3.51. The van der Waals surface area contributed by atoms with Gasteiger partial charge in [0.15, 0.2) is 5.69 Å². The van der Waals surface area contributed by atoms with E-state index in [1.807, 2.05) is 24.3 Å². The molecule has 3 rings (SSSR count). The summed E-state index contributed by atoms with van der Waals surface area (Å²) in [4.78, 5) is 16.4. The quantitative estimate of drug-likeness (QED) is 0.890. The van der Waals surface area contributed by atoms with Gasteiger partial charge in [0, 0.05) is 11.0 Å². The predicted octanol–water partition coefficient (Wildman–Crippen LogP) is 2.79. The fourth-order valence-electron chi connectivity index (χ4n) is 2.36. The molecule has 0 radical (unpaired) electrons. The molecule has 110 valence electrons. The van der Waals surface area contributed by atoms with Crippen molar-refractivity contribution in [3.63, 3.8) is 0 Å². The molecule has 1 atom stereocenters. The van der Waals surface area contributed by atoms with Crippen LogP contribution < -0.4 is 10.6 Å². The molecule has 2 N–H and O–H groups in total. The second kappa shape index (κ2) is 6.41. The van der Waals surface area contributed by atoms with Gasteiger partial charge in [-0.1, -0.05) is 34.1 Å². The Labute approximate surface area is 131 Å². The van der Waals surface area contributed by atoms with Gasteiger partial charge in [-0.2, -0.15) is 0 Å². The van der Waals surface area contributed by atoms with Crippen LogP contribution in [0, 0.1) is 0 Å². The second-order valence-electron chi connectivity index (χ2n) is 4.99. The lowest BCUT2D eigenvalue weighted by atomic mass is 10.2. The van der Waals surface area contributed by atoms with E-state index in [0.29, 0.717) is 18.1 Å². The summed E-state index contributed by atoms with van der Waals surface area (Å²) in [5.74, 6) is 0.372. The Morgan fingerprint density at radius 1 is 1.48 bits per heavy atom. The lowest BCUT2D eigenvalue weighted by molar-refractivity contribution is 0.0946. The molecule has 1 aliphatic rings. The fourth-order valence-corrected chi connectivity index (χ4v) is 2.78. The summed E-state index contributed by atoms with van der Waals surface area (Å²) in [5, 5.41) is 6.14. The Bertz CT molecular complexity index is 635. The molecule has 1 aromatic carbocycles. The Morgan fingerprint density at radius 2 is 2.33 bits per heavy atom. The van der Waals surface area contributed by atoms with Crippen LogP contribution in [0.15, 0.2) is 39.4 Å². The zero-order valence-electron chi connectivity index (χ0n) is 11.4. The number of carbonyl (C=O) groups is 1. The summed E-state index contributed by atoms with van der Waals surface area (Å²) in [6.45, 7) is 1.42. The molecular formula is C15H16BrN3O2. The van der Waals surface area contributed by atoms with E-state index in [0.717, 1.165) is 29.4 Å². The standard InChI is InChI=1S/C15H16BrN3O2/c16-11-5-2-1-4-10(11)8-18-14(20)13-9-21-15(19-13)12-6-3-7-17-12/h1-2,4-5,9,12,17H,3,6-8H2,(H,18,20). The summed E-state index contributed by atoms with van der Waals surface area (Å²) in [5.41, 5.74) is 1.35. The Morgan fingerprint density at radius 3 is 3.10 bits per heavy atom. The van der Waals surface area contributed by atoms with Crippen molar-refractivity contribution in [1.82, 2.24) is 15.6 Å². The van der Waals surface area contributed by atoms with Crippen molar-refractivity contribution in [2.24, 2.45) is 0 Å². The van der Waals surface area contributed by atoms with E-state index in [1.165, 1.54) is 6.26 Å². The molecule has 5 nitrogen and oxygen atoms in total. The Hall–Kier alpha value is -1.66. The molecule has 0 bridgehead atoms. The molecule has 21 heavy (non-hydrogen) atoms. The van der Waals surface area contributed by atoms with Gasteiger partial charge in [-0.25, -0.2) is 4.98 Å². The number of oxazole rings is 1. The fraction of sp³-hybridized carbons (Fsp3) is 0.333. The average Bonchev–Trinajstić information content (AvgIpc) is 3.16. The van der Waals surface area contributed by atoms with Gasteiger partial charge in [-0.15, -0.1) is 0 Å². The molecular weight excluding hydrogens is 334 g/mol. The summed E-state index contributed by atoms with van der Waals surface area (Å²) in [6.07, 6.45) is 3.53. The number of carbonyl (C=O) groups excluding carboxylic acids is 1. The monoisotopic (exact) mass is 349 g/mol. The number of halogens is 1. The minimum Gasteiger partial charge on any atom is -0.446 e. The molecule has 1 saturated heterocycles. The minimum atomic E-state index is -0.223. The van der Waals surface area contributed by atoms with E-state index < -0.39 is 0 Å². The number of benzene rings is 1. The summed E-state index contributed by atoms with van der Waals surface area (Å²) >= 11 is 3.46. The van der Waals surface area contributed by atoms with Gasteiger partial charge in [0.25, 0.3) is 5.91 Å². The first-order valence-corrected chi connectivity index (χ1v) is 7.74. The number of nitrogens with one attached hydrogen (secondary N) is 2. The topological polar surface area (TPSA) is 67.2 Å². The van der Waals surface area contributed by atoms with Gasteiger partial charge in [0.05, 0.1) is 6.04 Å². The van der Waals surface area contributed by atoms with Crippen LogP contribution in [0.5, 0.6) is 0 Å². The smallest absolute Gasteiger partial charge is 0.273 e. The first kappa shape index (κ1) is 14.3. The molecule has 2 heterocycles. The van der Waals surface area contributed by atoms with Gasteiger partial charge >= 0.3 is 0 Å². The van der Waals surface area contributed by atoms with E-state index in [9.17, 15) is 4.79 Å². The van der Waals surface area contributed by atoms with Crippen molar-refractivity contribution in [2.45, 2.75) is 25.4 Å². The van der Waals surface area contributed by atoms with Crippen LogP contribution in [0.3, 0.4) is 0 Å². The van der Waals surface area contributed by atoms with Gasteiger partial charge < -0.3 is 15.1 Å². The molecule has 0 saturated carbocycles. The third-order valence-corrected chi connectivity index (χ3v) is 4.28. The van der Waals surface area contributed by atoms with Gasteiger partial charge in [-0.3, -0.25) is 4.79 Å². The predicted molar refractivity (Wildman–Crippen MR) is 81.8 cm³/mol. The zero-order chi connectivity index (χ0) is 14.7. The Kier molecular flexibility index (Phi) is 4.36. The average molecular weight is 350 g/mol. The molecule has 6 heteroatoms. The van der Waals surface area contributed by atoms with Crippen LogP contribution >= 0.6 is 15.9 Å². The summed E-state index contributed by atoms with van der Waals surface area (Å²) < 4.78 is 6.38. The van der Waals surface area contributed by atoms with Gasteiger partial charge in [0.2, 0.25) is 5.89 Å². The number of hydrogen-bond donors (Lipinski definition) is 2. The third kappa shape index (κ3) is 3.33. The number of aromatic nitrogens is 1. The molecule has 1 amide bonds. The summed E-state index contributed by atoms with van der Waals surface area (Å²) in [7, 11) is 0. The van der Waals surface area contributed by atoms with Gasteiger partial charge in [-0.05, 0) is 31.0 Å². The van der Waals surface area contributed by atoms with E-state index in [4.69, 9.17) is 4.42 Å². The highest BCUT2D eigenvalue weighted by Gasteiger charge is 2.22. The van der Waals surface area contributed by atoms with E-state index >= 15 is 0 Å². The van der Waals surface area contributed by atoms with Gasteiger partial charge in [0.1, 0.15) is 6.26 Å². The van der Waals surface area contributed by atoms with Crippen molar-refractivity contribution < 1.29 is 9.21 Å². The molecule has 1 unspecified atom stereocenters. The van der Waals surface area contributed by atoms with Crippen LogP contribution in [-0.2, 0) is 6.54 Å². The van der Waals surface area contributed by atoms with E-state index in [1.54, 1.807) is 0 Å². The van der Waals surface area contributed by atoms with Crippen molar-refractivity contribution in [2.75, 3.05) is 6.54 Å². The second-order valence-corrected chi connectivity index (χ2v) is 5.85. The van der Waals surface area contributed by atoms with E-state index in [-0.39, 0.29) is 11.9 Å². The number of amides is 1. The maximum Gasteiger partial charge on any atom is 0.273 e. The highest BCUT2D eigenvalue weighted by Crippen LogP contribution is 2.22. The Balaban J connectivity index is 1.62. The van der Waals surface area contributed by atoms with Crippen molar-refractivity contribution in [1.29, 1.82) is 0 Å². The lowest BCUT2D eigenvalue weighted by Crippen LogP contribution is -2.23. The number of rotatable bonds is 4. The molecule has 0 spiro atoms. The lowest BCUT2D eigenvalue weighted by Gasteiger charge is -2.05.